The average Bonchev–Trinajstić information content (AvgIpc) is 3.17. The Morgan fingerprint density at radius 2 is 2.09 bits per heavy atom. The lowest BCUT2D eigenvalue weighted by atomic mass is 10.2. The van der Waals surface area contributed by atoms with Gasteiger partial charge in [0.2, 0.25) is 5.91 Å². The van der Waals surface area contributed by atoms with Crippen molar-refractivity contribution in [3.63, 3.8) is 0 Å². The van der Waals surface area contributed by atoms with Crippen LogP contribution in [0, 0.1) is 5.92 Å². The van der Waals surface area contributed by atoms with Gasteiger partial charge in [0.05, 0.1) is 25.3 Å². The third-order valence-electron chi connectivity index (χ3n) is 4.04. The van der Waals surface area contributed by atoms with Crippen molar-refractivity contribution in [1.82, 2.24) is 14.7 Å². The van der Waals surface area contributed by atoms with Crippen LogP contribution in [0.15, 0.2) is 12.3 Å². The summed E-state index contributed by atoms with van der Waals surface area (Å²) >= 11 is 0. The first-order chi connectivity index (χ1) is 10.4. The first kappa shape index (κ1) is 16.5. The Labute approximate surface area is 130 Å². The second kappa shape index (κ2) is 6.91. The molecule has 0 bridgehead atoms. The molecule has 1 aromatic heterocycles. The lowest BCUT2D eigenvalue weighted by Gasteiger charge is -2.24. The summed E-state index contributed by atoms with van der Waals surface area (Å²) in [6.07, 6.45) is 4.08. The fraction of sp³-hybridized carbons (Fsp3) is 0.667. The van der Waals surface area contributed by atoms with Gasteiger partial charge in [0.25, 0.3) is 0 Å². The molecule has 7 heteroatoms. The minimum atomic E-state index is -0.936. The highest BCUT2D eigenvalue weighted by Gasteiger charge is 2.30. The van der Waals surface area contributed by atoms with Gasteiger partial charge in [-0.15, -0.1) is 0 Å². The number of hydrogen-bond acceptors (Lipinski definition) is 4. The number of rotatable bonds is 8. The van der Waals surface area contributed by atoms with Crippen molar-refractivity contribution in [1.29, 1.82) is 0 Å². The topological polar surface area (TPSA) is 87.5 Å². The molecule has 1 saturated carbocycles. The Morgan fingerprint density at radius 3 is 2.64 bits per heavy atom. The highest BCUT2D eigenvalue weighted by atomic mass is 16.4. The number of aromatic nitrogens is 2. The maximum atomic E-state index is 12.2. The molecule has 1 unspecified atom stereocenters. The zero-order valence-corrected chi connectivity index (χ0v) is 13.3. The molecule has 0 aromatic carbocycles. The molecule has 0 radical (unpaired) electrons. The Kier molecular flexibility index (Phi) is 5.18. The number of carbonyl (C=O) groups excluding carboxylic acids is 1. The number of nitrogens with one attached hydrogen (secondary N) is 1. The largest absolute Gasteiger partial charge is 0.480 e. The summed E-state index contributed by atoms with van der Waals surface area (Å²) in [5.74, 6) is 0.145. The number of anilines is 1. The van der Waals surface area contributed by atoms with Gasteiger partial charge >= 0.3 is 5.97 Å². The Hall–Kier alpha value is -1.89. The Bertz CT molecular complexity index is 537. The van der Waals surface area contributed by atoms with Crippen molar-refractivity contribution in [2.24, 2.45) is 5.92 Å². The van der Waals surface area contributed by atoms with Crippen LogP contribution >= 0.6 is 0 Å². The van der Waals surface area contributed by atoms with Crippen molar-refractivity contribution in [2.45, 2.75) is 45.7 Å². The number of hydrogen-bond donors (Lipinski definition) is 2. The second-order valence-electron chi connectivity index (χ2n) is 6.18. The van der Waals surface area contributed by atoms with Gasteiger partial charge in [0.1, 0.15) is 5.82 Å². The third kappa shape index (κ3) is 4.30. The fourth-order valence-electron chi connectivity index (χ4n) is 2.48. The molecule has 1 amide bonds. The number of carboxylic acids is 1. The van der Waals surface area contributed by atoms with E-state index in [4.69, 9.17) is 5.11 Å². The van der Waals surface area contributed by atoms with Crippen LogP contribution in [0.1, 0.15) is 39.7 Å². The molecule has 1 aromatic rings. The van der Waals surface area contributed by atoms with E-state index in [0.29, 0.717) is 11.7 Å². The number of carboxylic acid groups (broad SMARTS) is 1. The van der Waals surface area contributed by atoms with E-state index in [1.165, 1.54) is 12.8 Å². The lowest BCUT2D eigenvalue weighted by Crippen LogP contribution is -2.41. The van der Waals surface area contributed by atoms with Gasteiger partial charge in [0.15, 0.2) is 0 Å². The van der Waals surface area contributed by atoms with E-state index in [9.17, 15) is 9.59 Å². The van der Waals surface area contributed by atoms with Crippen molar-refractivity contribution < 1.29 is 14.7 Å². The van der Waals surface area contributed by atoms with Crippen molar-refractivity contribution >= 4 is 17.7 Å². The van der Waals surface area contributed by atoms with Crippen LogP contribution in [0.4, 0.5) is 5.82 Å². The van der Waals surface area contributed by atoms with Crippen LogP contribution in [0.5, 0.6) is 0 Å². The quantitative estimate of drug-likeness (QED) is 0.761. The van der Waals surface area contributed by atoms with E-state index in [1.807, 2.05) is 18.5 Å². The van der Waals surface area contributed by atoms with Gasteiger partial charge < -0.3 is 10.4 Å². The second-order valence-corrected chi connectivity index (χ2v) is 6.18. The highest BCUT2D eigenvalue weighted by Crippen LogP contribution is 2.40. The van der Waals surface area contributed by atoms with E-state index < -0.39 is 5.97 Å². The minimum absolute atomic E-state index is 0.0165. The maximum absolute atomic E-state index is 12.2. The first-order valence-electron chi connectivity index (χ1n) is 7.67. The predicted octanol–water partition coefficient (Wildman–Crippen LogP) is 1.59. The van der Waals surface area contributed by atoms with Gasteiger partial charge in [-0.3, -0.25) is 14.5 Å². The average molecular weight is 308 g/mol. The first-order valence-corrected chi connectivity index (χ1v) is 7.67. The summed E-state index contributed by atoms with van der Waals surface area (Å²) in [7, 11) is 0. The van der Waals surface area contributed by atoms with Crippen LogP contribution < -0.4 is 5.32 Å². The monoisotopic (exact) mass is 308 g/mol. The van der Waals surface area contributed by atoms with Crippen LogP contribution in [0.3, 0.4) is 0 Å². The molecule has 7 nitrogen and oxygen atoms in total. The number of nitrogens with zero attached hydrogens (tertiary/aromatic N) is 3. The van der Waals surface area contributed by atoms with Crippen LogP contribution in [0.25, 0.3) is 0 Å². The minimum Gasteiger partial charge on any atom is -0.480 e. The molecule has 2 N–H and O–H groups in total. The smallest absolute Gasteiger partial charge is 0.317 e. The van der Waals surface area contributed by atoms with Crippen molar-refractivity contribution in [2.75, 3.05) is 18.4 Å². The molecular weight excluding hydrogens is 284 g/mol. The third-order valence-corrected chi connectivity index (χ3v) is 4.04. The zero-order chi connectivity index (χ0) is 16.3. The SMILES string of the molecule is CC(C)N(CC(=O)O)CC(=O)Nc1ccnn1C(C)C1CC1. The van der Waals surface area contributed by atoms with E-state index in [0.717, 1.165) is 0 Å². The summed E-state index contributed by atoms with van der Waals surface area (Å²) in [6, 6.07) is 2.02. The van der Waals surface area contributed by atoms with E-state index in [2.05, 4.69) is 17.3 Å². The van der Waals surface area contributed by atoms with Crippen LogP contribution in [0.2, 0.25) is 0 Å². The van der Waals surface area contributed by atoms with E-state index in [1.54, 1.807) is 17.2 Å². The number of carbonyl (C=O) groups is 2. The molecule has 122 valence electrons. The molecular formula is C15H24N4O3. The molecule has 0 saturated heterocycles. The Morgan fingerprint density at radius 1 is 1.41 bits per heavy atom. The van der Waals surface area contributed by atoms with E-state index >= 15 is 0 Å². The highest BCUT2D eigenvalue weighted by molar-refractivity contribution is 5.91. The number of aliphatic carboxylic acids is 1. The van der Waals surface area contributed by atoms with Crippen LogP contribution in [-0.2, 0) is 9.59 Å². The zero-order valence-electron chi connectivity index (χ0n) is 13.3. The van der Waals surface area contributed by atoms with Gasteiger partial charge in [-0.25, -0.2) is 4.68 Å². The molecule has 2 rings (SSSR count). The normalized spacial score (nSPS) is 16.0. The summed E-state index contributed by atoms with van der Waals surface area (Å²) in [6.45, 7) is 5.74. The molecule has 1 aliphatic carbocycles. The molecule has 0 aliphatic heterocycles. The van der Waals surface area contributed by atoms with Gasteiger partial charge in [-0.1, -0.05) is 0 Å². The van der Waals surface area contributed by atoms with Gasteiger partial charge in [-0.05, 0) is 39.5 Å². The molecule has 1 fully saturated rings. The van der Waals surface area contributed by atoms with Crippen molar-refractivity contribution in [3.05, 3.63) is 12.3 Å². The van der Waals surface area contributed by atoms with Gasteiger partial charge in [0, 0.05) is 12.1 Å². The van der Waals surface area contributed by atoms with Crippen LogP contribution in [-0.4, -0.2) is 50.8 Å². The lowest BCUT2D eigenvalue weighted by molar-refractivity contribution is -0.139. The van der Waals surface area contributed by atoms with E-state index in [-0.39, 0.29) is 31.1 Å². The predicted molar refractivity (Wildman–Crippen MR) is 82.6 cm³/mol. The molecule has 1 aliphatic rings. The summed E-state index contributed by atoms with van der Waals surface area (Å²) in [5.41, 5.74) is 0. The molecule has 0 spiro atoms. The molecule has 1 heterocycles. The maximum Gasteiger partial charge on any atom is 0.317 e. The summed E-state index contributed by atoms with van der Waals surface area (Å²) in [5, 5.41) is 16.0. The standard InChI is InChI=1S/C15H24N4O3/c1-10(2)18(9-15(21)22)8-14(20)17-13-6-7-16-19(13)11(3)12-4-5-12/h6-7,10-12H,4-5,8-9H2,1-3H3,(H,17,20)(H,21,22). The summed E-state index contributed by atoms with van der Waals surface area (Å²) in [4.78, 5) is 24.6. The van der Waals surface area contributed by atoms with Gasteiger partial charge in [-0.2, -0.15) is 5.10 Å². The molecule has 22 heavy (non-hydrogen) atoms. The number of amides is 1. The summed E-state index contributed by atoms with van der Waals surface area (Å²) < 4.78 is 1.84. The molecule has 1 atom stereocenters. The van der Waals surface area contributed by atoms with Crippen molar-refractivity contribution in [3.8, 4) is 0 Å². The Balaban J connectivity index is 1.96. The fourth-order valence-corrected chi connectivity index (χ4v) is 2.48.